The number of ether oxygens (including phenoxy) is 1. The maximum Gasteiger partial charge on any atom is 0.224 e. The molecule has 1 aliphatic carbocycles. The van der Waals surface area contributed by atoms with Crippen LogP contribution in [0.15, 0.2) is 22.6 Å². The highest BCUT2D eigenvalue weighted by molar-refractivity contribution is 5.85. The third kappa shape index (κ3) is 2.25. The minimum absolute atomic E-state index is 0. The first-order chi connectivity index (χ1) is 9.07. The smallest absolute Gasteiger partial charge is 0.224 e. The SMILES string of the molecule is CCC1(C)CC2=C(OC(CN)C2)C2=C1NC(=O)CC2.Cl. The van der Waals surface area contributed by atoms with Crippen molar-refractivity contribution in [1.29, 1.82) is 0 Å². The Morgan fingerprint density at radius 2 is 2.20 bits per heavy atom. The average molecular weight is 299 g/mol. The van der Waals surface area contributed by atoms with Gasteiger partial charge in [0.25, 0.3) is 0 Å². The highest BCUT2D eigenvalue weighted by Crippen LogP contribution is 2.50. The number of hydrogen-bond donors (Lipinski definition) is 2. The van der Waals surface area contributed by atoms with E-state index >= 15 is 0 Å². The van der Waals surface area contributed by atoms with Crippen molar-refractivity contribution in [3.8, 4) is 0 Å². The van der Waals surface area contributed by atoms with Gasteiger partial charge in [0.05, 0.1) is 0 Å². The van der Waals surface area contributed by atoms with Gasteiger partial charge >= 0.3 is 0 Å². The van der Waals surface area contributed by atoms with Crippen molar-refractivity contribution in [3.05, 3.63) is 22.6 Å². The summed E-state index contributed by atoms with van der Waals surface area (Å²) < 4.78 is 6.00. The Morgan fingerprint density at radius 1 is 1.45 bits per heavy atom. The molecule has 0 saturated heterocycles. The topological polar surface area (TPSA) is 64.3 Å². The Morgan fingerprint density at radius 3 is 2.85 bits per heavy atom. The Balaban J connectivity index is 0.00000147. The summed E-state index contributed by atoms with van der Waals surface area (Å²) in [6, 6.07) is 0. The van der Waals surface area contributed by atoms with Gasteiger partial charge in [-0.3, -0.25) is 4.79 Å². The summed E-state index contributed by atoms with van der Waals surface area (Å²) in [7, 11) is 0. The van der Waals surface area contributed by atoms with Crippen molar-refractivity contribution >= 4 is 18.3 Å². The van der Waals surface area contributed by atoms with Crippen molar-refractivity contribution < 1.29 is 9.53 Å². The standard InChI is InChI=1S/C15H22N2O2.ClH/c1-3-15(2)7-9-6-10(8-16)19-13(9)11-4-5-12(18)17-14(11)15;/h10H,3-8,16H2,1-2H3,(H,17,18);1H. The van der Waals surface area contributed by atoms with E-state index in [1.54, 1.807) is 0 Å². The Kier molecular flexibility index (Phi) is 4.17. The zero-order chi connectivity index (χ0) is 13.6. The number of carbonyl (C=O) groups is 1. The molecular weight excluding hydrogens is 276 g/mol. The van der Waals surface area contributed by atoms with E-state index in [0.717, 1.165) is 37.1 Å². The summed E-state index contributed by atoms with van der Waals surface area (Å²) in [6.45, 7) is 4.99. The maximum absolute atomic E-state index is 11.7. The first kappa shape index (κ1) is 15.4. The molecule has 0 bridgehead atoms. The van der Waals surface area contributed by atoms with Crippen LogP contribution >= 0.6 is 12.4 Å². The summed E-state index contributed by atoms with van der Waals surface area (Å²) in [6.07, 6.45) is 4.44. The molecule has 3 rings (SSSR count). The second kappa shape index (κ2) is 5.41. The number of fused-ring (bicyclic) bond motifs is 1. The predicted molar refractivity (Wildman–Crippen MR) is 80.2 cm³/mol. The van der Waals surface area contributed by atoms with Crippen molar-refractivity contribution in [2.45, 2.75) is 52.1 Å². The molecular formula is C15H23ClN2O2. The van der Waals surface area contributed by atoms with Gasteiger partial charge in [-0.15, -0.1) is 12.4 Å². The van der Waals surface area contributed by atoms with Crippen LogP contribution in [0.1, 0.15) is 46.0 Å². The molecule has 2 heterocycles. The molecule has 2 unspecified atom stereocenters. The first-order valence-corrected chi connectivity index (χ1v) is 7.20. The van der Waals surface area contributed by atoms with Crippen LogP contribution in [0.25, 0.3) is 0 Å². The van der Waals surface area contributed by atoms with Gasteiger partial charge in [0, 0.05) is 36.1 Å². The van der Waals surface area contributed by atoms with Gasteiger partial charge in [-0.2, -0.15) is 0 Å². The Bertz CT molecular complexity index is 498. The fraction of sp³-hybridized carbons (Fsp3) is 0.667. The molecule has 0 aromatic heterocycles. The van der Waals surface area contributed by atoms with Crippen LogP contribution in [-0.4, -0.2) is 18.6 Å². The fourth-order valence-electron chi connectivity index (χ4n) is 3.47. The van der Waals surface area contributed by atoms with Crippen LogP contribution in [0.3, 0.4) is 0 Å². The van der Waals surface area contributed by atoms with Crippen LogP contribution in [0.2, 0.25) is 0 Å². The number of nitrogens with two attached hydrogens (primary N) is 1. The summed E-state index contributed by atoms with van der Waals surface area (Å²) in [4.78, 5) is 11.7. The first-order valence-electron chi connectivity index (χ1n) is 7.20. The molecule has 0 saturated carbocycles. The maximum atomic E-state index is 11.7. The Hall–Kier alpha value is -1.000. The lowest BCUT2D eigenvalue weighted by molar-refractivity contribution is -0.121. The minimum Gasteiger partial charge on any atom is -0.488 e. The highest BCUT2D eigenvalue weighted by Gasteiger charge is 2.43. The molecule has 2 atom stereocenters. The Labute approximate surface area is 126 Å². The number of amides is 1. The molecule has 3 aliphatic rings. The highest BCUT2D eigenvalue weighted by atomic mass is 35.5. The second-order valence-corrected chi connectivity index (χ2v) is 6.11. The van der Waals surface area contributed by atoms with Crippen LogP contribution in [0.5, 0.6) is 0 Å². The van der Waals surface area contributed by atoms with Gasteiger partial charge in [-0.25, -0.2) is 0 Å². The van der Waals surface area contributed by atoms with Crippen molar-refractivity contribution in [2.24, 2.45) is 11.1 Å². The molecule has 0 spiro atoms. The molecule has 0 aromatic rings. The molecule has 1 amide bonds. The molecule has 4 nitrogen and oxygen atoms in total. The van der Waals surface area contributed by atoms with Gasteiger partial charge in [0.15, 0.2) is 0 Å². The van der Waals surface area contributed by atoms with E-state index < -0.39 is 0 Å². The average Bonchev–Trinajstić information content (AvgIpc) is 2.81. The normalized spacial score (nSPS) is 32.1. The van der Waals surface area contributed by atoms with Gasteiger partial charge in [-0.1, -0.05) is 13.8 Å². The predicted octanol–water partition coefficient (Wildman–Crippen LogP) is 2.39. The van der Waals surface area contributed by atoms with Crippen molar-refractivity contribution in [3.63, 3.8) is 0 Å². The third-order valence-electron chi connectivity index (χ3n) is 4.77. The van der Waals surface area contributed by atoms with Gasteiger partial charge in [-0.05, 0) is 24.8 Å². The molecule has 0 radical (unpaired) electrons. The quantitative estimate of drug-likeness (QED) is 0.823. The third-order valence-corrected chi connectivity index (χ3v) is 4.77. The van der Waals surface area contributed by atoms with Crippen LogP contribution in [0, 0.1) is 5.41 Å². The fourth-order valence-corrected chi connectivity index (χ4v) is 3.47. The molecule has 0 fully saturated rings. The monoisotopic (exact) mass is 298 g/mol. The molecule has 20 heavy (non-hydrogen) atoms. The summed E-state index contributed by atoms with van der Waals surface area (Å²) in [5.41, 5.74) is 9.50. The molecule has 2 aliphatic heterocycles. The van der Waals surface area contributed by atoms with E-state index in [2.05, 4.69) is 19.2 Å². The molecule has 5 heteroatoms. The van der Waals surface area contributed by atoms with Crippen LogP contribution < -0.4 is 11.1 Å². The second-order valence-electron chi connectivity index (χ2n) is 6.11. The minimum atomic E-state index is 0. The van der Waals surface area contributed by atoms with E-state index in [-0.39, 0.29) is 29.8 Å². The van der Waals surface area contributed by atoms with E-state index in [1.165, 1.54) is 11.1 Å². The number of nitrogens with one attached hydrogen (secondary N) is 1. The summed E-state index contributed by atoms with van der Waals surface area (Å²) in [5, 5.41) is 3.10. The van der Waals surface area contributed by atoms with E-state index in [4.69, 9.17) is 10.5 Å². The number of hydrogen-bond acceptors (Lipinski definition) is 3. The largest absolute Gasteiger partial charge is 0.488 e. The lowest BCUT2D eigenvalue weighted by atomic mass is 9.70. The van der Waals surface area contributed by atoms with E-state index in [9.17, 15) is 4.79 Å². The molecule has 112 valence electrons. The van der Waals surface area contributed by atoms with Gasteiger partial charge in [0.2, 0.25) is 5.91 Å². The van der Waals surface area contributed by atoms with Gasteiger partial charge < -0.3 is 15.8 Å². The zero-order valence-corrected chi connectivity index (χ0v) is 12.9. The number of rotatable bonds is 2. The summed E-state index contributed by atoms with van der Waals surface area (Å²) >= 11 is 0. The van der Waals surface area contributed by atoms with E-state index in [0.29, 0.717) is 13.0 Å². The number of allylic oxidation sites excluding steroid dienone is 2. The van der Waals surface area contributed by atoms with Crippen molar-refractivity contribution in [2.75, 3.05) is 6.54 Å². The number of halogens is 1. The van der Waals surface area contributed by atoms with E-state index in [1.807, 2.05) is 0 Å². The lowest BCUT2D eigenvalue weighted by Gasteiger charge is -2.39. The molecule has 0 aromatic carbocycles. The number of carbonyl (C=O) groups excluding carboxylic acids is 1. The lowest BCUT2D eigenvalue weighted by Crippen LogP contribution is -2.39. The van der Waals surface area contributed by atoms with Gasteiger partial charge in [0.1, 0.15) is 11.9 Å². The van der Waals surface area contributed by atoms with Crippen LogP contribution in [0.4, 0.5) is 0 Å². The van der Waals surface area contributed by atoms with Crippen molar-refractivity contribution in [1.82, 2.24) is 5.32 Å². The summed E-state index contributed by atoms with van der Waals surface area (Å²) in [5.74, 6) is 1.17. The zero-order valence-electron chi connectivity index (χ0n) is 12.1. The van der Waals surface area contributed by atoms with Crippen LogP contribution in [-0.2, 0) is 9.53 Å². The molecule has 3 N–H and O–H groups in total.